The quantitative estimate of drug-likeness (QED) is 0.0491. The van der Waals surface area contributed by atoms with Gasteiger partial charge in [-0.1, -0.05) is 47.5 Å². The number of quaternary nitrogens is 2. The van der Waals surface area contributed by atoms with Crippen molar-refractivity contribution >= 4 is 66.1 Å². The third-order valence-electron chi connectivity index (χ3n) is 12.8. The van der Waals surface area contributed by atoms with E-state index in [4.69, 9.17) is 22.9 Å². The highest BCUT2D eigenvalue weighted by molar-refractivity contribution is 6.11. The average Bonchev–Trinajstić information content (AvgIpc) is 3.24. The molecular formula is C54H68I2N8+2. The van der Waals surface area contributed by atoms with E-state index >= 15 is 0 Å². The minimum absolute atomic E-state index is 0. The maximum atomic E-state index is 6.27. The lowest BCUT2D eigenvalue weighted by Crippen LogP contribution is -3.00. The summed E-state index contributed by atoms with van der Waals surface area (Å²) in [5, 5.41) is 7.21. The summed E-state index contributed by atoms with van der Waals surface area (Å²) in [4.78, 5) is 0. The summed E-state index contributed by atoms with van der Waals surface area (Å²) >= 11 is 0. The van der Waals surface area contributed by atoms with Gasteiger partial charge in [0.2, 0.25) is 22.4 Å². The first kappa shape index (κ1) is 50.2. The normalized spacial score (nSPS) is 11.6. The molecule has 0 amide bonds. The van der Waals surface area contributed by atoms with Crippen LogP contribution in [0, 0.1) is 13.8 Å². The standard InChI is InChI=1S/C28H35N4.C26H31N4.2HI/c1-5-32(4,6-2)17-7-16-31-27-19-23(30)13-15-25(27)24-14-12-22(29)18-26(24)28(31)21-10-8-20(3)9-11-21;1-18-6-8-19(9-7-18)26-24-16-20(27)10-12-22(24)23-13-11-21(28)17-25(23)29(26)14-5-15-30(2,3)4;;/h8-15,18-19,30H,5-7,16-17,29H2,1-4H3;6-13,16-17,28H,5,14-15,27H2,1-4H3;2*1H/q2*+1;;. The summed E-state index contributed by atoms with van der Waals surface area (Å²) in [5.41, 5.74) is 37.9. The third kappa shape index (κ3) is 11.2. The molecule has 64 heavy (non-hydrogen) atoms. The lowest BCUT2D eigenvalue weighted by Gasteiger charge is -2.31. The van der Waals surface area contributed by atoms with Gasteiger partial charge in [0.1, 0.15) is 0 Å². The molecule has 0 aliphatic rings. The number of hydrogen-bond donors (Lipinski definition) is 4. The number of nitrogen functional groups attached to an aromatic ring is 4. The number of anilines is 4. The van der Waals surface area contributed by atoms with Crippen LogP contribution in [0.3, 0.4) is 0 Å². The van der Waals surface area contributed by atoms with E-state index < -0.39 is 0 Å². The number of nitrogens with two attached hydrogens (primary N) is 4. The lowest BCUT2D eigenvalue weighted by atomic mass is 9.97. The summed E-state index contributed by atoms with van der Waals surface area (Å²) in [6.45, 7) is 15.2. The maximum absolute atomic E-state index is 6.27. The first-order valence-corrected chi connectivity index (χ1v) is 22.2. The molecule has 0 aliphatic heterocycles. The fourth-order valence-electron chi connectivity index (χ4n) is 8.88. The zero-order valence-electron chi connectivity index (χ0n) is 39.1. The van der Waals surface area contributed by atoms with E-state index in [0.717, 1.165) is 83.8 Å². The van der Waals surface area contributed by atoms with Gasteiger partial charge in [-0.05, 0) is 100 Å². The van der Waals surface area contributed by atoms with Crippen LogP contribution in [0.4, 0.5) is 22.7 Å². The molecule has 0 bridgehead atoms. The van der Waals surface area contributed by atoms with Gasteiger partial charge >= 0.3 is 0 Å². The van der Waals surface area contributed by atoms with Crippen LogP contribution < -0.4 is 80.0 Å². The Morgan fingerprint density at radius 2 is 0.766 bits per heavy atom. The van der Waals surface area contributed by atoms with Crippen LogP contribution in [0.5, 0.6) is 0 Å². The van der Waals surface area contributed by atoms with E-state index in [1.165, 1.54) is 77.0 Å². The number of fused-ring (bicyclic) bond motifs is 6. The van der Waals surface area contributed by atoms with Gasteiger partial charge in [0.05, 0.1) is 88.8 Å². The van der Waals surface area contributed by atoms with E-state index in [1.54, 1.807) is 0 Å². The molecule has 10 heteroatoms. The largest absolute Gasteiger partial charge is 1.00 e. The predicted octanol–water partition coefficient (Wildman–Crippen LogP) is 3.82. The Kier molecular flexibility index (Phi) is 16.5. The van der Waals surface area contributed by atoms with Crippen molar-refractivity contribution in [2.45, 2.75) is 53.6 Å². The molecule has 336 valence electrons. The van der Waals surface area contributed by atoms with Crippen molar-refractivity contribution in [1.29, 1.82) is 0 Å². The van der Waals surface area contributed by atoms with E-state index in [1.807, 2.05) is 24.3 Å². The second-order valence-electron chi connectivity index (χ2n) is 18.6. The Balaban J connectivity index is 0.000000234. The number of rotatable bonds is 12. The van der Waals surface area contributed by atoms with Gasteiger partial charge in [0.25, 0.3) is 0 Å². The number of nitrogens with zero attached hydrogens (tertiary/aromatic N) is 4. The van der Waals surface area contributed by atoms with Gasteiger partial charge in [-0.2, -0.15) is 9.13 Å². The van der Waals surface area contributed by atoms with Gasteiger partial charge in [-0.15, -0.1) is 0 Å². The molecule has 0 saturated heterocycles. The average molecular weight is 1080 g/mol. The minimum atomic E-state index is 0. The number of aryl methyl sites for hydroxylation is 4. The second kappa shape index (κ2) is 21.0. The summed E-state index contributed by atoms with van der Waals surface area (Å²) in [7, 11) is 9.07. The minimum Gasteiger partial charge on any atom is -1.00 e. The molecule has 6 aromatic carbocycles. The summed E-state index contributed by atoms with van der Waals surface area (Å²) in [5.74, 6) is 0. The molecule has 0 unspecified atom stereocenters. The predicted molar refractivity (Wildman–Crippen MR) is 266 cm³/mol. The number of pyridine rings is 2. The van der Waals surface area contributed by atoms with Crippen LogP contribution >= 0.6 is 0 Å². The van der Waals surface area contributed by atoms with Crippen LogP contribution in [0.15, 0.2) is 121 Å². The first-order chi connectivity index (χ1) is 29.6. The lowest BCUT2D eigenvalue weighted by molar-refractivity contribution is -0.908. The zero-order chi connectivity index (χ0) is 44.3. The second-order valence-corrected chi connectivity index (χ2v) is 18.6. The molecule has 2 aromatic heterocycles. The van der Waals surface area contributed by atoms with Crippen molar-refractivity contribution in [2.75, 3.05) is 77.3 Å². The smallest absolute Gasteiger partial charge is 0.220 e. The Bertz CT molecular complexity index is 2880. The highest BCUT2D eigenvalue weighted by Crippen LogP contribution is 2.35. The highest BCUT2D eigenvalue weighted by Gasteiger charge is 2.27. The Morgan fingerprint density at radius 1 is 0.422 bits per heavy atom. The SMILES string of the molecule is CC[N+](C)(CC)CCC[n+]1c(-c2ccc(C)cc2)c2cc(N)ccc2c2ccc(N)cc21.Cc1ccc(-c2c3cc(N)ccc3c3ccc(N)cc3[n+]2CCC[N+](C)(C)C)cc1.[I-].[I-]. The highest BCUT2D eigenvalue weighted by atomic mass is 127. The Hall–Kier alpha value is -4.76. The van der Waals surface area contributed by atoms with Crippen LogP contribution in [-0.4, -0.2) is 63.3 Å². The molecule has 2 heterocycles. The molecule has 0 aliphatic carbocycles. The fourth-order valence-corrected chi connectivity index (χ4v) is 8.88. The Labute approximate surface area is 415 Å². The van der Waals surface area contributed by atoms with E-state index in [-0.39, 0.29) is 48.0 Å². The number of aromatic nitrogens is 2. The molecule has 8 rings (SSSR count). The summed E-state index contributed by atoms with van der Waals surface area (Å²) in [6.07, 6.45) is 2.17. The number of benzene rings is 6. The topological polar surface area (TPSA) is 112 Å². The molecule has 8 aromatic rings. The monoisotopic (exact) mass is 1080 g/mol. The number of hydrogen-bond acceptors (Lipinski definition) is 4. The Morgan fingerprint density at radius 3 is 1.12 bits per heavy atom. The van der Waals surface area contributed by atoms with Crippen LogP contribution in [-0.2, 0) is 13.1 Å². The molecule has 0 saturated carbocycles. The van der Waals surface area contributed by atoms with Gasteiger partial charge in [0, 0.05) is 56.8 Å². The number of halogens is 2. The molecule has 0 spiro atoms. The third-order valence-corrected chi connectivity index (χ3v) is 12.8. The molecule has 8 N–H and O–H groups in total. The van der Waals surface area contributed by atoms with Crippen molar-refractivity contribution in [3.63, 3.8) is 0 Å². The van der Waals surface area contributed by atoms with Gasteiger partial charge in [0.15, 0.2) is 13.1 Å². The molecule has 0 fully saturated rings. The molecule has 0 atom stereocenters. The van der Waals surface area contributed by atoms with Gasteiger partial charge < -0.3 is 79.9 Å². The van der Waals surface area contributed by atoms with E-state index in [0.29, 0.717) is 0 Å². The van der Waals surface area contributed by atoms with E-state index in [2.05, 4.69) is 162 Å². The van der Waals surface area contributed by atoms with Crippen molar-refractivity contribution < 1.29 is 66.1 Å². The van der Waals surface area contributed by atoms with Crippen molar-refractivity contribution in [3.05, 3.63) is 132 Å². The van der Waals surface area contributed by atoms with Crippen LogP contribution in [0.2, 0.25) is 0 Å². The fraction of sp³-hybridized carbons (Fsp3) is 0.296. The molecule has 8 nitrogen and oxygen atoms in total. The van der Waals surface area contributed by atoms with Crippen molar-refractivity contribution in [3.8, 4) is 22.5 Å². The maximum Gasteiger partial charge on any atom is 0.220 e. The molecule has 0 radical (unpaired) electrons. The zero-order valence-corrected chi connectivity index (χ0v) is 43.4. The van der Waals surface area contributed by atoms with Crippen molar-refractivity contribution in [1.82, 2.24) is 0 Å². The van der Waals surface area contributed by atoms with E-state index in [9.17, 15) is 0 Å². The molecular weight excluding hydrogens is 1010 g/mol. The van der Waals surface area contributed by atoms with Gasteiger partial charge in [-0.3, -0.25) is 0 Å². The summed E-state index contributed by atoms with van der Waals surface area (Å²) < 4.78 is 6.93. The van der Waals surface area contributed by atoms with Crippen LogP contribution in [0.1, 0.15) is 37.8 Å². The first-order valence-electron chi connectivity index (χ1n) is 22.2. The summed E-state index contributed by atoms with van der Waals surface area (Å²) in [6, 6.07) is 42.6. The van der Waals surface area contributed by atoms with Gasteiger partial charge in [-0.25, -0.2) is 0 Å². The van der Waals surface area contributed by atoms with Crippen LogP contribution in [0.25, 0.3) is 65.9 Å². The van der Waals surface area contributed by atoms with Crippen molar-refractivity contribution in [2.24, 2.45) is 0 Å².